The highest BCUT2D eigenvalue weighted by Gasteiger charge is 2.22. The Hall–Kier alpha value is -2.86. The van der Waals surface area contributed by atoms with Gasteiger partial charge >= 0.3 is 5.97 Å². The van der Waals surface area contributed by atoms with Crippen LogP contribution in [0.4, 0.5) is 5.69 Å². The topological polar surface area (TPSA) is 72.9 Å². The molecule has 0 spiro atoms. The van der Waals surface area contributed by atoms with E-state index in [4.69, 9.17) is 0 Å². The van der Waals surface area contributed by atoms with Crippen LogP contribution in [0.1, 0.15) is 17.5 Å². The Balaban J connectivity index is 1.42. The van der Waals surface area contributed by atoms with Gasteiger partial charge in [-0.3, -0.25) is 9.69 Å². The molecule has 29 heavy (non-hydrogen) atoms. The van der Waals surface area contributed by atoms with E-state index in [1.807, 2.05) is 30.3 Å². The molecule has 1 amide bonds. The van der Waals surface area contributed by atoms with E-state index in [0.717, 1.165) is 31.7 Å². The van der Waals surface area contributed by atoms with Crippen LogP contribution in [0.25, 0.3) is 0 Å². The molecule has 6 nitrogen and oxygen atoms in total. The maximum atomic E-state index is 12.3. The first-order valence-electron chi connectivity index (χ1n) is 10.1. The number of amides is 1. The number of anilines is 1. The lowest BCUT2D eigenvalue weighted by molar-refractivity contribution is -0.141. The SMILES string of the molecule is Cc1cccc(N2CCN(CCC(=O)N[C@H](Cc3ccccc3)C(=O)O)CC2)c1. The molecule has 0 aliphatic carbocycles. The summed E-state index contributed by atoms with van der Waals surface area (Å²) in [6.45, 7) is 6.39. The summed E-state index contributed by atoms with van der Waals surface area (Å²) in [5.74, 6) is -1.22. The van der Waals surface area contributed by atoms with Gasteiger partial charge in [0, 0.05) is 51.3 Å². The normalized spacial score (nSPS) is 15.7. The van der Waals surface area contributed by atoms with E-state index in [1.165, 1.54) is 11.3 Å². The van der Waals surface area contributed by atoms with Crippen LogP contribution in [0, 0.1) is 6.92 Å². The number of piperazine rings is 1. The molecule has 0 aromatic heterocycles. The van der Waals surface area contributed by atoms with Crippen molar-refractivity contribution in [3.63, 3.8) is 0 Å². The van der Waals surface area contributed by atoms with E-state index in [0.29, 0.717) is 13.0 Å². The third kappa shape index (κ3) is 6.32. The second-order valence-corrected chi connectivity index (χ2v) is 7.57. The molecular formula is C23H29N3O3. The zero-order valence-corrected chi connectivity index (χ0v) is 16.9. The van der Waals surface area contributed by atoms with Gasteiger partial charge in [-0.2, -0.15) is 0 Å². The van der Waals surface area contributed by atoms with Crippen LogP contribution in [0.2, 0.25) is 0 Å². The maximum absolute atomic E-state index is 12.3. The quantitative estimate of drug-likeness (QED) is 0.718. The third-order valence-corrected chi connectivity index (χ3v) is 5.31. The van der Waals surface area contributed by atoms with Crippen LogP contribution in [-0.4, -0.2) is 60.6 Å². The van der Waals surface area contributed by atoms with E-state index < -0.39 is 12.0 Å². The van der Waals surface area contributed by atoms with Gasteiger partial charge < -0.3 is 15.3 Å². The van der Waals surface area contributed by atoms with Crippen molar-refractivity contribution in [2.24, 2.45) is 0 Å². The summed E-state index contributed by atoms with van der Waals surface area (Å²) in [7, 11) is 0. The molecule has 2 aromatic carbocycles. The highest BCUT2D eigenvalue weighted by Crippen LogP contribution is 2.17. The molecule has 3 rings (SSSR count). The highest BCUT2D eigenvalue weighted by molar-refractivity contribution is 5.83. The molecule has 1 saturated heterocycles. The summed E-state index contributed by atoms with van der Waals surface area (Å²) in [6.07, 6.45) is 0.597. The van der Waals surface area contributed by atoms with Crippen molar-refractivity contribution in [3.05, 3.63) is 65.7 Å². The van der Waals surface area contributed by atoms with Crippen LogP contribution in [0.3, 0.4) is 0 Å². The number of hydrogen-bond donors (Lipinski definition) is 2. The van der Waals surface area contributed by atoms with Gasteiger partial charge in [-0.1, -0.05) is 42.5 Å². The average molecular weight is 396 g/mol. The standard InChI is InChI=1S/C23H29N3O3/c1-18-6-5-9-20(16-18)26-14-12-25(13-15-26)11-10-22(27)24-21(23(28)29)17-19-7-3-2-4-8-19/h2-9,16,21H,10-15,17H2,1H3,(H,24,27)(H,28,29)/t21-/m1/s1. The van der Waals surface area contributed by atoms with Gasteiger partial charge in [0.1, 0.15) is 6.04 Å². The number of carboxylic acids is 1. The Kier molecular flexibility index (Phi) is 7.25. The Labute approximate surface area is 172 Å². The summed E-state index contributed by atoms with van der Waals surface area (Å²) in [5.41, 5.74) is 3.39. The minimum absolute atomic E-state index is 0.213. The molecule has 1 heterocycles. The number of hydrogen-bond acceptors (Lipinski definition) is 4. The zero-order chi connectivity index (χ0) is 20.6. The van der Waals surface area contributed by atoms with Gasteiger partial charge in [0.25, 0.3) is 0 Å². The molecule has 2 aromatic rings. The first-order chi connectivity index (χ1) is 14.0. The number of carbonyl (C=O) groups excluding carboxylic acids is 1. The molecule has 0 saturated carbocycles. The maximum Gasteiger partial charge on any atom is 0.326 e. The van der Waals surface area contributed by atoms with Gasteiger partial charge in [0.05, 0.1) is 0 Å². The number of nitrogens with one attached hydrogen (secondary N) is 1. The van der Waals surface area contributed by atoms with Gasteiger partial charge in [-0.15, -0.1) is 0 Å². The van der Waals surface area contributed by atoms with Crippen LogP contribution in [-0.2, 0) is 16.0 Å². The van der Waals surface area contributed by atoms with Crippen molar-refractivity contribution < 1.29 is 14.7 Å². The highest BCUT2D eigenvalue weighted by atomic mass is 16.4. The number of rotatable bonds is 8. The van der Waals surface area contributed by atoms with Gasteiger partial charge in [-0.05, 0) is 30.2 Å². The molecule has 1 fully saturated rings. The fourth-order valence-corrected chi connectivity index (χ4v) is 3.63. The Bertz CT molecular complexity index is 817. The lowest BCUT2D eigenvalue weighted by Crippen LogP contribution is -2.48. The van der Waals surface area contributed by atoms with Crippen molar-refractivity contribution in [2.45, 2.75) is 25.8 Å². The number of nitrogens with zero attached hydrogens (tertiary/aromatic N) is 2. The second kappa shape index (κ2) is 10.1. The molecule has 1 aliphatic heterocycles. The fourth-order valence-electron chi connectivity index (χ4n) is 3.63. The summed E-state index contributed by atoms with van der Waals surface area (Å²) in [5, 5.41) is 12.1. The molecule has 154 valence electrons. The van der Waals surface area contributed by atoms with Crippen LogP contribution in [0.5, 0.6) is 0 Å². The lowest BCUT2D eigenvalue weighted by Gasteiger charge is -2.36. The molecule has 0 unspecified atom stereocenters. The minimum Gasteiger partial charge on any atom is -0.480 e. The van der Waals surface area contributed by atoms with E-state index in [2.05, 4.69) is 46.3 Å². The molecule has 2 N–H and O–H groups in total. The first-order valence-corrected chi connectivity index (χ1v) is 10.1. The smallest absolute Gasteiger partial charge is 0.326 e. The predicted molar refractivity (Wildman–Crippen MR) is 114 cm³/mol. The van der Waals surface area contributed by atoms with E-state index in [9.17, 15) is 14.7 Å². The minimum atomic E-state index is -1.01. The van der Waals surface area contributed by atoms with E-state index >= 15 is 0 Å². The first kappa shape index (κ1) is 20.9. The van der Waals surface area contributed by atoms with Gasteiger partial charge in [0.2, 0.25) is 5.91 Å². The van der Waals surface area contributed by atoms with E-state index in [1.54, 1.807) is 0 Å². The Morgan fingerprint density at radius 2 is 1.76 bits per heavy atom. The third-order valence-electron chi connectivity index (χ3n) is 5.31. The summed E-state index contributed by atoms with van der Waals surface area (Å²) >= 11 is 0. The fraction of sp³-hybridized carbons (Fsp3) is 0.391. The zero-order valence-electron chi connectivity index (χ0n) is 16.9. The van der Waals surface area contributed by atoms with E-state index in [-0.39, 0.29) is 12.3 Å². The largest absolute Gasteiger partial charge is 0.480 e. The summed E-state index contributed by atoms with van der Waals surface area (Å²) < 4.78 is 0. The Morgan fingerprint density at radius 3 is 2.41 bits per heavy atom. The van der Waals surface area contributed by atoms with Gasteiger partial charge in [-0.25, -0.2) is 4.79 Å². The van der Waals surface area contributed by atoms with Crippen LogP contribution in [0.15, 0.2) is 54.6 Å². The molecule has 6 heteroatoms. The number of carboxylic acid groups (broad SMARTS) is 1. The van der Waals surface area contributed by atoms with Gasteiger partial charge in [0.15, 0.2) is 0 Å². The molecule has 0 radical (unpaired) electrons. The summed E-state index contributed by atoms with van der Waals surface area (Å²) in [6, 6.07) is 17.0. The second-order valence-electron chi connectivity index (χ2n) is 7.57. The molecule has 0 bridgehead atoms. The monoisotopic (exact) mass is 395 g/mol. The number of aliphatic carboxylic acids is 1. The summed E-state index contributed by atoms with van der Waals surface area (Å²) in [4.78, 5) is 28.4. The molecule has 1 aliphatic rings. The average Bonchev–Trinajstić information content (AvgIpc) is 2.73. The van der Waals surface area contributed by atoms with Crippen molar-refractivity contribution >= 4 is 17.6 Å². The van der Waals surface area contributed by atoms with Crippen LogP contribution >= 0.6 is 0 Å². The molecular weight excluding hydrogens is 366 g/mol. The number of benzene rings is 2. The Morgan fingerprint density at radius 1 is 1.03 bits per heavy atom. The van der Waals surface area contributed by atoms with Crippen molar-refractivity contribution in [3.8, 4) is 0 Å². The lowest BCUT2D eigenvalue weighted by atomic mass is 10.1. The van der Waals surface area contributed by atoms with Crippen LogP contribution < -0.4 is 10.2 Å². The number of aryl methyl sites for hydroxylation is 1. The molecule has 1 atom stereocenters. The van der Waals surface area contributed by atoms with Crippen molar-refractivity contribution in [2.75, 3.05) is 37.6 Å². The van der Waals surface area contributed by atoms with Crippen molar-refractivity contribution in [1.82, 2.24) is 10.2 Å². The number of carbonyl (C=O) groups is 2. The van der Waals surface area contributed by atoms with Crippen molar-refractivity contribution in [1.29, 1.82) is 0 Å². The predicted octanol–water partition coefficient (Wildman–Crippen LogP) is 2.32.